The zero-order chi connectivity index (χ0) is 17.6. The lowest BCUT2D eigenvalue weighted by molar-refractivity contribution is -0.0674. The van der Waals surface area contributed by atoms with E-state index in [-0.39, 0.29) is 43.5 Å². The van der Waals surface area contributed by atoms with Crippen LogP contribution >= 0.6 is 0 Å². The second kappa shape index (κ2) is 5.49. The van der Waals surface area contributed by atoms with E-state index in [9.17, 15) is 27.5 Å². The molecule has 0 amide bonds. The molecule has 130 valence electrons. The molecule has 0 unspecified atom stereocenters. The van der Waals surface area contributed by atoms with Crippen LogP contribution < -0.4 is 0 Å². The van der Waals surface area contributed by atoms with Crippen molar-refractivity contribution in [2.75, 3.05) is 0 Å². The molecule has 0 aliphatic heterocycles. The maximum absolute atomic E-state index is 13.6. The van der Waals surface area contributed by atoms with Crippen LogP contribution in [0.2, 0.25) is 0 Å². The molecule has 1 heterocycles. The summed E-state index contributed by atoms with van der Waals surface area (Å²) in [5.74, 6) is -7.33. The van der Waals surface area contributed by atoms with E-state index in [4.69, 9.17) is 0 Å². The molecule has 0 bridgehead atoms. The molecule has 0 radical (unpaired) electrons. The van der Waals surface area contributed by atoms with Gasteiger partial charge in [-0.1, -0.05) is 6.92 Å². The fourth-order valence-electron chi connectivity index (χ4n) is 3.09. The monoisotopic (exact) mass is 336 g/mol. The van der Waals surface area contributed by atoms with Gasteiger partial charge in [0.05, 0.1) is 0 Å². The van der Waals surface area contributed by atoms with Crippen LogP contribution in [-0.4, -0.2) is 26.8 Å². The summed E-state index contributed by atoms with van der Waals surface area (Å²) in [4.78, 5) is 11.4. The lowest BCUT2D eigenvalue weighted by Gasteiger charge is -2.37. The van der Waals surface area contributed by atoms with Crippen molar-refractivity contribution in [1.29, 1.82) is 0 Å². The smallest absolute Gasteiger partial charge is 0.354 e. The number of nitrogens with zero attached hydrogens (tertiary/aromatic N) is 2. The Labute approximate surface area is 131 Å². The summed E-state index contributed by atoms with van der Waals surface area (Å²) in [5.41, 5.74) is -1.57. The molecule has 1 fully saturated rings. The minimum Gasteiger partial charge on any atom is -0.477 e. The topological polar surface area (TPSA) is 55.1 Å². The molecule has 0 spiro atoms. The molecule has 1 N–H and O–H groups in total. The van der Waals surface area contributed by atoms with Crippen LogP contribution in [0.15, 0.2) is 0 Å². The van der Waals surface area contributed by atoms with Crippen LogP contribution in [0.4, 0.5) is 17.6 Å². The Morgan fingerprint density at radius 3 is 2.26 bits per heavy atom. The molecule has 4 nitrogen and oxygen atoms in total. The molecule has 8 heteroatoms. The number of aromatic nitrogens is 2. The Bertz CT molecular complexity index is 610. The standard InChI is InChI=1S/C15H20F4N2O2/c1-9-10(12(22)23)21(20-11(9)14(3,16)17)8-13(2)4-6-15(18,19)7-5-13/h4-8H2,1-3H3,(H,22,23). The van der Waals surface area contributed by atoms with E-state index >= 15 is 0 Å². The fraction of sp³-hybridized carbons (Fsp3) is 0.733. The van der Waals surface area contributed by atoms with E-state index in [0.29, 0.717) is 6.92 Å². The van der Waals surface area contributed by atoms with Gasteiger partial charge in [-0.25, -0.2) is 13.6 Å². The van der Waals surface area contributed by atoms with Crippen LogP contribution in [0.5, 0.6) is 0 Å². The van der Waals surface area contributed by atoms with E-state index in [2.05, 4.69) is 5.10 Å². The fourth-order valence-corrected chi connectivity index (χ4v) is 3.09. The average Bonchev–Trinajstić information content (AvgIpc) is 2.70. The lowest BCUT2D eigenvalue weighted by Crippen LogP contribution is -2.35. The summed E-state index contributed by atoms with van der Waals surface area (Å²) in [6, 6.07) is 0. The first kappa shape index (κ1) is 17.7. The van der Waals surface area contributed by atoms with Crippen LogP contribution in [0.3, 0.4) is 0 Å². The molecule has 23 heavy (non-hydrogen) atoms. The SMILES string of the molecule is Cc1c(C(C)(F)F)nn(CC2(C)CCC(F)(F)CC2)c1C(=O)O. The first-order valence-corrected chi connectivity index (χ1v) is 7.41. The molecule has 2 rings (SSSR count). The van der Waals surface area contributed by atoms with Crippen molar-refractivity contribution in [3.05, 3.63) is 17.0 Å². The quantitative estimate of drug-likeness (QED) is 0.838. The molecule has 1 aliphatic carbocycles. The number of carboxylic acids is 1. The number of carbonyl (C=O) groups is 1. The lowest BCUT2D eigenvalue weighted by atomic mass is 9.74. The number of alkyl halides is 4. The summed E-state index contributed by atoms with van der Waals surface area (Å²) in [5, 5.41) is 13.1. The number of rotatable bonds is 4. The minimum atomic E-state index is -3.26. The van der Waals surface area contributed by atoms with Gasteiger partial charge in [0.25, 0.3) is 5.92 Å². The highest BCUT2D eigenvalue weighted by molar-refractivity contribution is 5.87. The summed E-state index contributed by atoms with van der Waals surface area (Å²) in [7, 11) is 0. The third kappa shape index (κ3) is 3.67. The molecular weight excluding hydrogens is 316 g/mol. The normalized spacial score (nSPS) is 20.5. The third-order valence-electron chi connectivity index (χ3n) is 4.53. The Kier molecular flexibility index (Phi) is 4.24. The van der Waals surface area contributed by atoms with Crippen molar-refractivity contribution in [3.63, 3.8) is 0 Å². The Balaban J connectivity index is 2.35. The second-order valence-electron chi connectivity index (χ2n) is 6.84. The highest BCUT2D eigenvalue weighted by Crippen LogP contribution is 2.44. The Morgan fingerprint density at radius 1 is 1.30 bits per heavy atom. The van der Waals surface area contributed by atoms with Crippen molar-refractivity contribution in [3.8, 4) is 0 Å². The molecule has 1 aromatic rings. The van der Waals surface area contributed by atoms with Gasteiger partial charge in [0.15, 0.2) is 0 Å². The Hall–Kier alpha value is -1.60. The first-order chi connectivity index (χ1) is 10.3. The molecule has 0 saturated heterocycles. The van der Waals surface area contributed by atoms with Crippen LogP contribution in [0.25, 0.3) is 0 Å². The third-order valence-corrected chi connectivity index (χ3v) is 4.53. The van der Waals surface area contributed by atoms with Gasteiger partial charge >= 0.3 is 5.97 Å². The Morgan fingerprint density at radius 2 is 1.83 bits per heavy atom. The largest absolute Gasteiger partial charge is 0.477 e. The van der Waals surface area contributed by atoms with E-state index in [1.54, 1.807) is 6.92 Å². The van der Waals surface area contributed by atoms with Crippen LogP contribution in [0.1, 0.15) is 61.3 Å². The van der Waals surface area contributed by atoms with E-state index < -0.39 is 28.9 Å². The molecule has 1 aromatic heterocycles. The van der Waals surface area contributed by atoms with Crippen molar-refractivity contribution in [1.82, 2.24) is 9.78 Å². The minimum absolute atomic E-state index is 0.0294. The van der Waals surface area contributed by atoms with Crippen LogP contribution in [0, 0.1) is 12.3 Å². The van der Waals surface area contributed by atoms with Crippen molar-refractivity contribution < 1.29 is 27.5 Å². The number of halogens is 4. The van der Waals surface area contributed by atoms with E-state index in [0.717, 1.165) is 4.68 Å². The van der Waals surface area contributed by atoms with Gasteiger partial charge in [0, 0.05) is 31.9 Å². The van der Waals surface area contributed by atoms with Gasteiger partial charge in [-0.2, -0.15) is 13.9 Å². The summed E-state index contributed by atoms with van der Waals surface area (Å²) in [6.07, 6.45) is -0.197. The van der Waals surface area contributed by atoms with Gasteiger partial charge in [0.2, 0.25) is 5.92 Å². The molecule has 1 aliphatic rings. The summed E-state index contributed by atoms with van der Waals surface area (Å²) < 4.78 is 54.8. The zero-order valence-electron chi connectivity index (χ0n) is 13.3. The maximum Gasteiger partial charge on any atom is 0.354 e. The van der Waals surface area contributed by atoms with Crippen molar-refractivity contribution in [2.45, 2.75) is 64.8 Å². The molecular formula is C15H20F4N2O2. The first-order valence-electron chi connectivity index (χ1n) is 7.41. The van der Waals surface area contributed by atoms with E-state index in [1.807, 2.05) is 0 Å². The maximum atomic E-state index is 13.6. The predicted octanol–water partition coefficient (Wildman–Crippen LogP) is 4.22. The van der Waals surface area contributed by atoms with Gasteiger partial charge < -0.3 is 5.11 Å². The number of hydrogen-bond acceptors (Lipinski definition) is 2. The average molecular weight is 336 g/mol. The molecule has 1 saturated carbocycles. The van der Waals surface area contributed by atoms with Crippen LogP contribution in [-0.2, 0) is 12.5 Å². The van der Waals surface area contributed by atoms with Gasteiger partial charge in [-0.05, 0) is 25.2 Å². The summed E-state index contributed by atoms with van der Waals surface area (Å²) in [6.45, 7) is 3.73. The zero-order valence-corrected chi connectivity index (χ0v) is 13.3. The molecule has 0 aromatic carbocycles. The number of aromatic carboxylic acids is 1. The van der Waals surface area contributed by atoms with Gasteiger partial charge in [-0.3, -0.25) is 4.68 Å². The number of hydrogen-bond donors (Lipinski definition) is 1. The highest BCUT2D eigenvalue weighted by Gasteiger charge is 2.42. The summed E-state index contributed by atoms with van der Waals surface area (Å²) >= 11 is 0. The second-order valence-corrected chi connectivity index (χ2v) is 6.84. The number of carboxylic acid groups (broad SMARTS) is 1. The van der Waals surface area contributed by atoms with E-state index in [1.165, 1.54) is 6.92 Å². The van der Waals surface area contributed by atoms with Gasteiger partial charge in [0.1, 0.15) is 11.4 Å². The van der Waals surface area contributed by atoms with Crippen molar-refractivity contribution in [2.24, 2.45) is 5.41 Å². The molecule has 0 atom stereocenters. The predicted molar refractivity (Wildman–Crippen MR) is 75.0 cm³/mol. The van der Waals surface area contributed by atoms with Crippen molar-refractivity contribution >= 4 is 5.97 Å². The van der Waals surface area contributed by atoms with Gasteiger partial charge in [-0.15, -0.1) is 0 Å². The highest BCUT2D eigenvalue weighted by atomic mass is 19.3.